The molecule has 0 radical (unpaired) electrons. The van der Waals surface area contributed by atoms with Gasteiger partial charge in [-0.25, -0.2) is 4.57 Å². The molecule has 0 unspecified atom stereocenters. The van der Waals surface area contributed by atoms with Crippen LogP contribution in [-0.2, 0) is 4.57 Å². The third kappa shape index (κ3) is 68.0. The van der Waals surface area contributed by atoms with Gasteiger partial charge < -0.3 is 14.7 Å². The van der Waals surface area contributed by atoms with Gasteiger partial charge in [-0.3, -0.25) is 0 Å². The first-order chi connectivity index (χ1) is 2.00. The molecular weight excluding hydrogens is 141 g/mol. The first-order valence-corrected chi connectivity index (χ1v) is 2.35. The summed E-state index contributed by atoms with van der Waals surface area (Å²) in [5, 5.41) is 0. The van der Waals surface area contributed by atoms with Gasteiger partial charge in [0.25, 0.3) is 0 Å². The standard InChI is InChI=1S/2Na.H3O4P/c;;1-5(2,3)4/h;;(H3,1,2,3,4)/q2*+1;/p+2. The molecule has 3 N–H and O–H groups in total. The van der Waals surface area contributed by atoms with Gasteiger partial charge in [0.2, 0.25) is 0 Å². The van der Waals surface area contributed by atoms with E-state index in [2.05, 4.69) is 0 Å². The molecule has 0 aromatic heterocycles. The quantitative estimate of drug-likeness (QED) is 0.234. The summed E-state index contributed by atoms with van der Waals surface area (Å²) in [6, 6.07) is 0. The molecule has 0 rings (SSSR count). The molecule has 32 valence electrons. The molecule has 0 aromatic rings. The summed E-state index contributed by atoms with van der Waals surface area (Å²) < 4.78 is 8.88. The molecule has 0 atom stereocenters. The van der Waals surface area contributed by atoms with Gasteiger partial charge in [-0.1, -0.05) is 0 Å². The number of hydrogen-bond acceptors (Lipinski definition) is 1. The van der Waals surface area contributed by atoms with Crippen molar-refractivity contribution in [2.75, 3.05) is 0 Å². The fraction of sp³-hybridized carbons (Fsp3) is 0. The van der Waals surface area contributed by atoms with Crippen molar-refractivity contribution in [3.8, 4) is 0 Å². The van der Waals surface area contributed by atoms with Gasteiger partial charge in [0.1, 0.15) is 0 Å². The van der Waals surface area contributed by atoms with Crippen molar-refractivity contribution in [2.45, 2.75) is 0 Å². The summed E-state index contributed by atoms with van der Waals surface area (Å²) in [7, 11) is -4.64. The van der Waals surface area contributed by atoms with E-state index in [0.717, 1.165) is 0 Å². The Morgan fingerprint density at radius 1 is 1.14 bits per heavy atom. The van der Waals surface area contributed by atoms with Gasteiger partial charge >= 0.3 is 69.8 Å². The largest absolute Gasteiger partial charge is 1.00 e. The SMILES string of the molecule is O=P(O)(O)O.[H+].[H+].[Na+].[Na+]. The van der Waals surface area contributed by atoms with Crippen LogP contribution in [0.2, 0.25) is 0 Å². The Hall–Kier alpha value is 2.11. The summed E-state index contributed by atoms with van der Waals surface area (Å²) in [5.41, 5.74) is 0. The fourth-order valence-corrected chi connectivity index (χ4v) is 0. The first-order valence-electron chi connectivity index (χ1n) is 0.783. The van der Waals surface area contributed by atoms with Crippen LogP contribution >= 0.6 is 7.82 Å². The van der Waals surface area contributed by atoms with E-state index >= 15 is 0 Å². The molecule has 0 aliphatic heterocycles. The van der Waals surface area contributed by atoms with E-state index in [-0.39, 0.29) is 62.0 Å². The summed E-state index contributed by atoms with van der Waals surface area (Å²) >= 11 is 0. The predicted octanol–water partition coefficient (Wildman–Crippen LogP) is -6.70. The number of phosphoric acid groups is 1. The smallest absolute Gasteiger partial charge is 0.303 e. The molecule has 0 aliphatic carbocycles. The molecule has 0 spiro atoms. The zero-order chi connectivity index (χ0) is 4.50. The van der Waals surface area contributed by atoms with Gasteiger partial charge in [-0.05, 0) is 0 Å². The van der Waals surface area contributed by atoms with E-state index in [4.69, 9.17) is 19.2 Å². The van der Waals surface area contributed by atoms with Crippen LogP contribution < -0.4 is 59.1 Å². The van der Waals surface area contributed by atoms with Crippen molar-refractivity contribution >= 4 is 7.82 Å². The Morgan fingerprint density at radius 3 is 1.14 bits per heavy atom. The van der Waals surface area contributed by atoms with E-state index in [1.165, 1.54) is 0 Å². The molecule has 0 bridgehead atoms. The number of rotatable bonds is 0. The molecule has 0 aromatic carbocycles. The normalized spacial score (nSPS) is 8.43. The summed E-state index contributed by atoms with van der Waals surface area (Å²) in [6.07, 6.45) is 0. The van der Waals surface area contributed by atoms with Gasteiger partial charge in [-0.15, -0.1) is 0 Å². The van der Waals surface area contributed by atoms with Crippen molar-refractivity contribution < 1.29 is 81.2 Å². The minimum atomic E-state index is -4.64. The van der Waals surface area contributed by atoms with Gasteiger partial charge in [0.15, 0.2) is 0 Å². The van der Waals surface area contributed by atoms with E-state index in [1.807, 2.05) is 0 Å². The van der Waals surface area contributed by atoms with Gasteiger partial charge in [-0.2, -0.15) is 0 Å². The summed E-state index contributed by atoms with van der Waals surface area (Å²) in [4.78, 5) is 21.6. The first kappa shape index (κ1) is 16.1. The van der Waals surface area contributed by atoms with E-state index in [1.54, 1.807) is 0 Å². The Morgan fingerprint density at radius 2 is 1.14 bits per heavy atom. The van der Waals surface area contributed by atoms with Crippen LogP contribution in [0.1, 0.15) is 2.85 Å². The van der Waals surface area contributed by atoms with E-state index < -0.39 is 7.82 Å². The number of hydrogen-bond donors (Lipinski definition) is 3. The maximum Gasteiger partial charge on any atom is 1.00 e. The maximum atomic E-state index is 8.88. The average molecular weight is 146 g/mol. The van der Waals surface area contributed by atoms with Crippen molar-refractivity contribution in [3.63, 3.8) is 0 Å². The van der Waals surface area contributed by atoms with Crippen LogP contribution in [0.15, 0.2) is 0 Å². The Bertz CT molecular complexity index is 62.7. The fourth-order valence-electron chi connectivity index (χ4n) is 0. The second kappa shape index (κ2) is 6.23. The summed E-state index contributed by atoms with van der Waals surface area (Å²) in [5.74, 6) is 0. The van der Waals surface area contributed by atoms with Crippen LogP contribution in [0.4, 0.5) is 0 Å². The molecular formula is H5Na2O4P+4. The maximum absolute atomic E-state index is 8.88. The van der Waals surface area contributed by atoms with E-state index in [9.17, 15) is 0 Å². The Kier molecular flexibility index (Phi) is 14.3. The van der Waals surface area contributed by atoms with Gasteiger partial charge in [0, 0.05) is 0 Å². The van der Waals surface area contributed by atoms with Crippen LogP contribution in [0.5, 0.6) is 0 Å². The molecule has 0 amide bonds. The zero-order valence-corrected chi connectivity index (χ0v) is 9.09. The van der Waals surface area contributed by atoms with Crippen LogP contribution in [-0.4, -0.2) is 14.7 Å². The molecule has 0 fully saturated rings. The van der Waals surface area contributed by atoms with Crippen LogP contribution in [0, 0.1) is 0 Å². The van der Waals surface area contributed by atoms with Crippen molar-refractivity contribution in [1.29, 1.82) is 0 Å². The van der Waals surface area contributed by atoms with Crippen molar-refractivity contribution in [2.24, 2.45) is 0 Å². The van der Waals surface area contributed by atoms with Crippen LogP contribution in [0.25, 0.3) is 0 Å². The third-order valence-corrected chi connectivity index (χ3v) is 0. The predicted molar refractivity (Wildman–Crippen MR) is 16.5 cm³/mol. The monoisotopic (exact) mass is 146 g/mol. The molecule has 7 heavy (non-hydrogen) atoms. The minimum Gasteiger partial charge on any atom is -0.303 e. The second-order valence-electron chi connectivity index (χ2n) is 0.513. The van der Waals surface area contributed by atoms with Gasteiger partial charge in [0.05, 0.1) is 0 Å². The topological polar surface area (TPSA) is 77.8 Å². The second-order valence-corrected chi connectivity index (χ2v) is 1.54. The van der Waals surface area contributed by atoms with Crippen molar-refractivity contribution in [1.82, 2.24) is 0 Å². The summed E-state index contributed by atoms with van der Waals surface area (Å²) in [6.45, 7) is 0. The molecule has 0 aliphatic rings. The third-order valence-electron chi connectivity index (χ3n) is 0. The average Bonchev–Trinajstić information content (AvgIpc) is 0.722. The molecule has 0 heterocycles. The molecule has 4 nitrogen and oxygen atoms in total. The van der Waals surface area contributed by atoms with Crippen molar-refractivity contribution in [3.05, 3.63) is 0 Å². The Labute approximate surface area is 88.1 Å². The Balaban J connectivity index is -0.0000000133. The van der Waals surface area contributed by atoms with E-state index in [0.29, 0.717) is 0 Å². The zero-order valence-electron chi connectivity index (χ0n) is 6.20. The van der Waals surface area contributed by atoms with Crippen LogP contribution in [0.3, 0.4) is 0 Å². The molecule has 0 saturated carbocycles. The molecule has 0 saturated heterocycles. The minimum absolute atomic E-state index is 0. The molecule has 7 heteroatoms.